The van der Waals surface area contributed by atoms with Crippen LogP contribution in [0.3, 0.4) is 0 Å². The zero-order valence-electron chi connectivity index (χ0n) is 13.4. The van der Waals surface area contributed by atoms with E-state index >= 15 is 0 Å². The van der Waals surface area contributed by atoms with Gasteiger partial charge in [0, 0.05) is 17.1 Å². The number of fused-ring (bicyclic) bond motifs is 1. The number of nitrogens with one attached hydrogen (secondary N) is 2. The van der Waals surface area contributed by atoms with Crippen LogP contribution in [0.5, 0.6) is 5.88 Å². The van der Waals surface area contributed by atoms with Crippen molar-refractivity contribution in [3.63, 3.8) is 0 Å². The van der Waals surface area contributed by atoms with Crippen LogP contribution in [0, 0.1) is 6.92 Å². The van der Waals surface area contributed by atoms with Crippen molar-refractivity contribution in [2.45, 2.75) is 33.5 Å². The molecule has 0 amide bonds. The molecule has 0 aliphatic carbocycles. The number of anilines is 2. The third-order valence-electron chi connectivity index (χ3n) is 3.35. The molecular formula is C17H20N4O2. The molecule has 0 fully saturated rings. The number of hydrogen-bond acceptors (Lipinski definition) is 5. The van der Waals surface area contributed by atoms with Gasteiger partial charge in [0.1, 0.15) is 5.82 Å². The number of benzene rings is 1. The maximum absolute atomic E-state index is 9.34. The van der Waals surface area contributed by atoms with E-state index in [1.165, 1.54) is 0 Å². The first-order chi connectivity index (χ1) is 11.0. The van der Waals surface area contributed by atoms with Gasteiger partial charge in [0.15, 0.2) is 5.82 Å². The minimum absolute atomic E-state index is 0.0000430. The summed E-state index contributed by atoms with van der Waals surface area (Å²) < 4.78 is 5.84. The summed E-state index contributed by atoms with van der Waals surface area (Å²) in [6.07, 6.45) is 0.0195. The van der Waals surface area contributed by atoms with Gasteiger partial charge < -0.3 is 15.2 Å². The van der Waals surface area contributed by atoms with Crippen molar-refractivity contribution in [2.75, 3.05) is 5.32 Å². The Morgan fingerprint density at radius 2 is 2.04 bits per heavy atom. The summed E-state index contributed by atoms with van der Waals surface area (Å²) in [7, 11) is 0. The Balaban J connectivity index is 2.06. The van der Waals surface area contributed by atoms with E-state index in [-0.39, 0.29) is 12.7 Å². The van der Waals surface area contributed by atoms with Gasteiger partial charge in [-0.05, 0) is 49.9 Å². The summed E-state index contributed by atoms with van der Waals surface area (Å²) in [5.74, 6) is 1.91. The Bertz CT molecular complexity index is 827. The van der Waals surface area contributed by atoms with Crippen molar-refractivity contribution in [1.29, 1.82) is 0 Å². The Kier molecular flexibility index (Phi) is 4.16. The van der Waals surface area contributed by atoms with Gasteiger partial charge >= 0.3 is 0 Å². The number of aromatic nitrogens is 3. The van der Waals surface area contributed by atoms with E-state index in [4.69, 9.17) is 4.74 Å². The van der Waals surface area contributed by atoms with Crippen molar-refractivity contribution in [3.8, 4) is 5.88 Å². The maximum Gasteiger partial charge on any atom is 0.223 e. The number of rotatable bonds is 5. The first kappa shape index (κ1) is 15.3. The van der Waals surface area contributed by atoms with Crippen LogP contribution in [0.25, 0.3) is 10.8 Å². The molecule has 3 N–H and O–H groups in total. The summed E-state index contributed by atoms with van der Waals surface area (Å²) in [5.41, 5.74) is 1.82. The van der Waals surface area contributed by atoms with E-state index in [1.807, 2.05) is 51.1 Å². The van der Waals surface area contributed by atoms with Crippen LogP contribution in [-0.4, -0.2) is 26.4 Å². The average Bonchev–Trinajstić information content (AvgIpc) is 2.91. The van der Waals surface area contributed by atoms with Gasteiger partial charge in [-0.3, -0.25) is 5.10 Å². The first-order valence-corrected chi connectivity index (χ1v) is 7.55. The second-order valence-electron chi connectivity index (χ2n) is 5.75. The number of ether oxygens (including phenoxy) is 1. The second-order valence-corrected chi connectivity index (χ2v) is 5.75. The Morgan fingerprint density at radius 1 is 1.22 bits per heavy atom. The predicted molar refractivity (Wildman–Crippen MR) is 90.0 cm³/mol. The van der Waals surface area contributed by atoms with E-state index in [1.54, 1.807) is 0 Å². The average molecular weight is 312 g/mol. The number of pyridine rings is 1. The van der Waals surface area contributed by atoms with Crippen molar-refractivity contribution >= 4 is 22.4 Å². The third-order valence-corrected chi connectivity index (χ3v) is 3.35. The van der Waals surface area contributed by atoms with Crippen LogP contribution in [0.15, 0.2) is 30.3 Å². The number of aromatic amines is 1. The Hall–Kier alpha value is -2.60. The molecule has 0 aliphatic heterocycles. The molecule has 3 rings (SSSR count). The topological polar surface area (TPSA) is 83.1 Å². The van der Waals surface area contributed by atoms with Crippen molar-refractivity contribution in [2.24, 2.45) is 0 Å². The summed E-state index contributed by atoms with van der Waals surface area (Å²) in [4.78, 5) is 4.55. The van der Waals surface area contributed by atoms with Crippen molar-refractivity contribution in [3.05, 3.63) is 41.6 Å². The second kappa shape index (κ2) is 6.26. The molecule has 120 valence electrons. The molecule has 23 heavy (non-hydrogen) atoms. The zero-order chi connectivity index (χ0) is 16.4. The summed E-state index contributed by atoms with van der Waals surface area (Å²) in [6.45, 7) is 5.87. The molecule has 0 unspecified atom stereocenters. The lowest BCUT2D eigenvalue weighted by molar-refractivity contribution is 0.236. The number of aryl methyl sites for hydroxylation is 1. The van der Waals surface area contributed by atoms with E-state index in [0.29, 0.717) is 17.5 Å². The number of H-pyrrole nitrogens is 1. The molecule has 0 spiro atoms. The largest absolute Gasteiger partial charge is 0.474 e. The highest BCUT2D eigenvalue weighted by Crippen LogP contribution is 2.29. The highest BCUT2D eigenvalue weighted by molar-refractivity contribution is 5.90. The smallest absolute Gasteiger partial charge is 0.223 e. The maximum atomic E-state index is 9.34. The fourth-order valence-corrected chi connectivity index (χ4v) is 2.36. The molecule has 0 radical (unpaired) electrons. The molecule has 2 aromatic heterocycles. The van der Waals surface area contributed by atoms with Crippen LogP contribution in [0.1, 0.15) is 25.1 Å². The van der Waals surface area contributed by atoms with Crippen LogP contribution in [0.4, 0.5) is 11.6 Å². The first-order valence-electron chi connectivity index (χ1n) is 7.55. The molecule has 1 aromatic carbocycles. The van der Waals surface area contributed by atoms with Gasteiger partial charge in [0.25, 0.3) is 0 Å². The molecular weight excluding hydrogens is 292 g/mol. The molecule has 0 saturated heterocycles. The number of nitrogens with zero attached hydrogens (tertiary/aromatic N) is 2. The minimum Gasteiger partial charge on any atom is -0.474 e. The van der Waals surface area contributed by atoms with Gasteiger partial charge in [-0.2, -0.15) is 10.1 Å². The van der Waals surface area contributed by atoms with Crippen LogP contribution in [-0.2, 0) is 6.61 Å². The lowest BCUT2D eigenvalue weighted by Gasteiger charge is -2.14. The standard InChI is InChI=1S/C17H20N4O2/c1-10(2)23-17-14-5-4-12(9-22)7-13(14)8-15(19-17)18-16-6-11(3)20-21-16/h4-8,10,22H,9H2,1-3H3,(H2,18,19,20,21). The van der Waals surface area contributed by atoms with Crippen molar-refractivity contribution < 1.29 is 9.84 Å². The molecule has 6 nitrogen and oxygen atoms in total. The van der Waals surface area contributed by atoms with E-state index < -0.39 is 0 Å². The normalized spacial score (nSPS) is 11.2. The van der Waals surface area contributed by atoms with Gasteiger partial charge in [0.05, 0.1) is 12.7 Å². The van der Waals surface area contributed by atoms with Gasteiger partial charge in [0.2, 0.25) is 5.88 Å². The number of aliphatic hydroxyl groups is 1. The van der Waals surface area contributed by atoms with E-state index in [2.05, 4.69) is 20.5 Å². The molecule has 0 saturated carbocycles. The molecule has 2 heterocycles. The molecule has 3 aromatic rings. The lowest BCUT2D eigenvalue weighted by Crippen LogP contribution is -2.08. The monoisotopic (exact) mass is 312 g/mol. The Morgan fingerprint density at radius 3 is 2.70 bits per heavy atom. The molecule has 0 aliphatic rings. The van der Waals surface area contributed by atoms with Gasteiger partial charge in [-0.15, -0.1) is 0 Å². The minimum atomic E-state index is -0.0000430. The number of aliphatic hydroxyl groups excluding tert-OH is 1. The highest BCUT2D eigenvalue weighted by atomic mass is 16.5. The molecule has 0 atom stereocenters. The fraction of sp³-hybridized carbons (Fsp3) is 0.294. The molecule has 0 bridgehead atoms. The lowest BCUT2D eigenvalue weighted by atomic mass is 10.1. The van der Waals surface area contributed by atoms with Gasteiger partial charge in [-0.25, -0.2) is 0 Å². The third kappa shape index (κ3) is 3.43. The van der Waals surface area contributed by atoms with Crippen LogP contribution < -0.4 is 10.1 Å². The Labute approximate surface area is 134 Å². The van der Waals surface area contributed by atoms with E-state index in [0.717, 1.165) is 22.0 Å². The SMILES string of the molecule is Cc1cc(Nc2cc3cc(CO)ccc3c(OC(C)C)n2)n[nH]1. The van der Waals surface area contributed by atoms with E-state index in [9.17, 15) is 5.11 Å². The molecule has 6 heteroatoms. The van der Waals surface area contributed by atoms with Crippen LogP contribution >= 0.6 is 0 Å². The summed E-state index contributed by atoms with van der Waals surface area (Å²) >= 11 is 0. The summed E-state index contributed by atoms with van der Waals surface area (Å²) in [5, 5.41) is 21.4. The van der Waals surface area contributed by atoms with Gasteiger partial charge in [-0.1, -0.05) is 6.07 Å². The highest BCUT2D eigenvalue weighted by Gasteiger charge is 2.11. The number of hydrogen-bond donors (Lipinski definition) is 3. The van der Waals surface area contributed by atoms with Crippen LogP contribution in [0.2, 0.25) is 0 Å². The predicted octanol–water partition coefficient (Wildman–Crippen LogP) is 3.29. The zero-order valence-corrected chi connectivity index (χ0v) is 13.4. The fourth-order valence-electron chi connectivity index (χ4n) is 2.36. The summed E-state index contributed by atoms with van der Waals surface area (Å²) in [6, 6.07) is 9.56. The quantitative estimate of drug-likeness (QED) is 0.673. The van der Waals surface area contributed by atoms with Crippen molar-refractivity contribution in [1.82, 2.24) is 15.2 Å².